The van der Waals surface area contributed by atoms with E-state index in [1.807, 2.05) is 19.2 Å². The predicted octanol–water partition coefficient (Wildman–Crippen LogP) is 4.03. The summed E-state index contributed by atoms with van der Waals surface area (Å²) in [5.74, 6) is 0. The molecule has 1 aromatic carbocycles. The molecule has 2 rings (SSSR count). The Bertz CT molecular complexity index is 503. The molecule has 0 aliphatic carbocycles. The second-order valence-corrected chi connectivity index (χ2v) is 4.26. The molecule has 0 saturated heterocycles. The number of pyridine rings is 1. The van der Waals surface area contributed by atoms with Gasteiger partial charge in [0.05, 0.1) is 5.69 Å². The van der Waals surface area contributed by atoms with Gasteiger partial charge in [-0.25, -0.2) is 0 Å². The fourth-order valence-corrected chi connectivity index (χ4v) is 1.72. The number of halogens is 1. The molecule has 0 fully saturated rings. The normalized spacial score (nSPS) is 10.4. The minimum absolute atomic E-state index is 0.958. The van der Waals surface area contributed by atoms with Crippen molar-refractivity contribution in [3.05, 3.63) is 47.2 Å². The summed E-state index contributed by atoms with van der Waals surface area (Å²) in [7, 11) is 0. The van der Waals surface area contributed by atoms with Gasteiger partial charge in [0.25, 0.3) is 0 Å². The molecule has 70 valence electrons. The maximum absolute atomic E-state index is 4.33. The summed E-state index contributed by atoms with van der Waals surface area (Å²) in [5.41, 5.74) is 1.95. The highest BCUT2D eigenvalue weighted by Crippen LogP contribution is 2.21. The molecule has 0 unspecified atom stereocenters. The lowest BCUT2D eigenvalue weighted by molar-refractivity contribution is 1.30. The zero-order valence-electron chi connectivity index (χ0n) is 7.92. The number of fused-ring (bicyclic) bond motifs is 1. The van der Waals surface area contributed by atoms with Crippen molar-refractivity contribution in [3.63, 3.8) is 0 Å². The molecular formula is C12H10BrN. The van der Waals surface area contributed by atoms with E-state index in [0.717, 1.165) is 21.1 Å². The molecule has 0 saturated carbocycles. The number of hydrogen-bond donors (Lipinski definition) is 0. The van der Waals surface area contributed by atoms with E-state index in [-0.39, 0.29) is 0 Å². The topological polar surface area (TPSA) is 12.9 Å². The largest absolute Gasteiger partial charge is 0.256 e. The van der Waals surface area contributed by atoms with E-state index in [1.54, 1.807) is 0 Å². The van der Waals surface area contributed by atoms with Gasteiger partial charge in [-0.1, -0.05) is 28.6 Å². The Balaban J connectivity index is 2.67. The highest BCUT2D eigenvalue weighted by molar-refractivity contribution is 9.10. The number of aromatic nitrogens is 1. The van der Waals surface area contributed by atoms with Crippen LogP contribution in [0.25, 0.3) is 16.3 Å². The minimum atomic E-state index is 0.958. The van der Waals surface area contributed by atoms with Crippen LogP contribution in [0.2, 0.25) is 0 Å². The van der Waals surface area contributed by atoms with Crippen LogP contribution < -0.4 is 0 Å². The number of allylic oxidation sites excluding steroid dienone is 1. The van der Waals surface area contributed by atoms with Gasteiger partial charge < -0.3 is 0 Å². The van der Waals surface area contributed by atoms with Crippen molar-refractivity contribution in [1.29, 1.82) is 0 Å². The second kappa shape index (κ2) is 3.54. The van der Waals surface area contributed by atoms with Crippen molar-refractivity contribution in [3.8, 4) is 0 Å². The van der Waals surface area contributed by atoms with Gasteiger partial charge in [-0.3, -0.25) is 4.98 Å². The lowest BCUT2D eigenvalue weighted by Gasteiger charge is -2.02. The van der Waals surface area contributed by atoms with Crippen LogP contribution >= 0.6 is 15.9 Å². The summed E-state index contributed by atoms with van der Waals surface area (Å²) in [6.07, 6.45) is 1.88. The van der Waals surface area contributed by atoms with Gasteiger partial charge in [0, 0.05) is 16.1 Å². The number of nitrogens with zero attached hydrogens (tertiary/aromatic N) is 1. The second-order valence-electron chi connectivity index (χ2n) is 3.34. The summed E-state index contributed by atoms with van der Waals surface area (Å²) < 4.78 is 1.08. The Morgan fingerprint density at radius 3 is 2.79 bits per heavy atom. The molecule has 0 atom stereocenters. The Labute approximate surface area is 91.6 Å². The third-order valence-electron chi connectivity index (χ3n) is 2.12. The molecular weight excluding hydrogens is 238 g/mol. The molecule has 0 radical (unpaired) electrons. The Hall–Kier alpha value is -1.15. The van der Waals surface area contributed by atoms with Gasteiger partial charge in [0.15, 0.2) is 0 Å². The quantitative estimate of drug-likeness (QED) is 0.742. The predicted molar refractivity (Wildman–Crippen MR) is 64.2 cm³/mol. The van der Waals surface area contributed by atoms with Crippen LogP contribution in [-0.4, -0.2) is 4.98 Å². The van der Waals surface area contributed by atoms with Crippen LogP contribution in [-0.2, 0) is 0 Å². The van der Waals surface area contributed by atoms with Gasteiger partial charge in [0.1, 0.15) is 0 Å². The van der Waals surface area contributed by atoms with Crippen molar-refractivity contribution >= 4 is 32.3 Å². The first-order valence-electron chi connectivity index (χ1n) is 4.38. The zero-order valence-corrected chi connectivity index (χ0v) is 9.51. The lowest BCUT2D eigenvalue weighted by Crippen LogP contribution is -1.84. The molecule has 2 heteroatoms. The smallest absolute Gasteiger partial charge is 0.0659 e. The number of rotatable bonds is 1. The number of hydrogen-bond acceptors (Lipinski definition) is 1. The third kappa shape index (κ3) is 1.70. The molecule has 1 aromatic heterocycles. The summed E-state index contributed by atoms with van der Waals surface area (Å²) >= 11 is 3.43. The fourth-order valence-electron chi connectivity index (χ4n) is 1.35. The molecule has 1 heterocycles. The zero-order chi connectivity index (χ0) is 10.1. The van der Waals surface area contributed by atoms with E-state index in [4.69, 9.17) is 0 Å². The first kappa shape index (κ1) is 9.41. The van der Waals surface area contributed by atoms with E-state index in [9.17, 15) is 0 Å². The van der Waals surface area contributed by atoms with E-state index < -0.39 is 0 Å². The van der Waals surface area contributed by atoms with Crippen LogP contribution in [0, 0.1) is 0 Å². The SMILES string of the molecule is C=C(C)c1cc2ccc(Br)cc2cn1. The molecule has 0 aliphatic heterocycles. The van der Waals surface area contributed by atoms with E-state index in [0.29, 0.717) is 0 Å². The summed E-state index contributed by atoms with van der Waals surface area (Å²) in [6.45, 7) is 5.84. The fraction of sp³-hybridized carbons (Fsp3) is 0.0833. The minimum Gasteiger partial charge on any atom is -0.256 e. The maximum Gasteiger partial charge on any atom is 0.0659 e. The van der Waals surface area contributed by atoms with Gasteiger partial charge in [-0.2, -0.15) is 0 Å². The monoisotopic (exact) mass is 247 g/mol. The Morgan fingerprint density at radius 2 is 2.07 bits per heavy atom. The van der Waals surface area contributed by atoms with E-state index >= 15 is 0 Å². The standard InChI is InChI=1S/C12H10BrN/c1-8(2)12-6-9-3-4-11(13)5-10(9)7-14-12/h3-7H,1H2,2H3. The molecule has 2 aromatic rings. The molecule has 0 N–H and O–H groups in total. The maximum atomic E-state index is 4.33. The van der Waals surface area contributed by atoms with Crippen molar-refractivity contribution in [2.45, 2.75) is 6.92 Å². The van der Waals surface area contributed by atoms with Crippen molar-refractivity contribution in [1.82, 2.24) is 4.98 Å². The van der Waals surface area contributed by atoms with E-state index in [1.165, 1.54) is 5.39 Å². The summed E-state index contributed by atoms with van der Waals surface area (Å²) in [4.78, 5) is 4.33. The van der Waals surface area contributed by atoms with Crippen LogP contribution in [0.5, 0.6) is 0 Å². The van der Waals surface area contributed by atoms with Gasteiger partial charge in [0.2, 0.25) is 0 Å². The molecule has 0 aliphatic rings. The van der Waals surface area contributed by atoms with Crippen LogP contribution in [0.15, 0.2) is 41.5 Å². The van der Waals surface area contributed by atoms with Crippen LogP contribution in [0.1, 0.15) is 12.6 Å². The summed E-state index contributed by atoms with van der Waals surface area (Å²) in [5, 5.41) is 2.34. The van der Waals surface area contributed by atoms with Gasteiger partial charge >= 0.3 is 0 Å². The Kier molecular flexibility index (Phi) is 2.38. The Morgan fingerprint density at radius 1 is 1.29 bits per heavy atom. The van der Waals surface area contributed by atoms with Crippen LogP contribution in [0.3, 0.4) is 0 Å². The third-order valence-corrected chi connectivity index (χ3v) is 2.61. The number of benzene rings is 1. The first-order valence-corrected chi connectivity index (χ1v) is 5.17. The van der Waals surface area contributed by atoms with Gasteiger partial charge in [-0.05, 0) is 36.1 Å². The average molecular weight is 248 g/mol. The molecule has 0 spiro atoms. The summed E-state index contributed by atoms with van der Waals surface area (Å²) in [6, 6.07) is 8.23. The van der Waals surface area contributed by atoms with Crippen molar-refractivity contribution in [2.75, 3.05) is 0 Å². The van der Waals surface area contributed by atoms with Gasteiger partial charge in [-0.15, -0.1) is 0 Å². The highest BCUT2D eigenvalue weighted by Gasteiger charge is 1.98. The molecule has 0 amide bonds. The van der Waals surface area contributed by atoms with Crippen molar-refractivity contribution in [2.24, 2.45) is 0 Å². The average Bonchev–Trinajstić information content (AvgIpc) is 2.16. The highest BCUT2D eigenvalue weighted by atomic mass is 79.9. The lowest BCUT2D eigenvalue weighted by atomic mass is 10.1. The van der Waals surface area contributed by atoms with Crippen LogP contribution in [0.4, 0.5) is 0 Å². The van der Waals surface area contributed by atoms with Crippen molar-refractivity contribution < 1.29 is 0 Å². The molecule has 1 nitrogen and oxygen atoms in total. The molecule has 14 heavy (non-hydrogen) atoms. The first-order chi connectivity index (χ1) is 6.66. The molecule has 0 bridgehead atoms. The van der Waals surface area contributed by atoms with E-state index in [2.05, 4.69) is 45.7 Å².